The van der Waals surface area contributed by atoms with Gasteiger partial charge in [0, 0.05) is 12.2 Å². The van der Waals surface area contributed by atoms with Crippen molar-refractivity contribution in [3.8, 4) is 0 Å². The summed E-state index contributed by atoms with van der Waals surface area (Å²) in [5.74, 6) is -5.44. The largest absolute Gasteiger partial charge is 0.411 e. The first-order valence-electron chi connectivity index (χ1n) is 8.16. The van der Waals surface area contributed by atoms with Crippen LogP contribution < -0.4 is 0 Å². The van der Waals surface area contributed by atoms with Crippen LogP contribution in [0.25, 0.3) is 0 Å². The Kier molecular flexibility index (Phi) is 5.12. The van der Waals surface area contributed by atoms with Crippen molar-refractivity contribution in [3.05, 3.63) is 70.8 Å². The minimum atomic E-state index is -6.04. The Morgan fingerprint density at radius 1 is 0.677 bits per heavy atom. The molecule has 0 amide bonds. The number of carbonyl (C=O) groups is 4. The zero-order valence-electron chi connectivity index (χ0n) is 14.8. The molecular weight excluding hydrogens is 438 g/mol. The van der Waals surface area contributed by atoms with Crippen LogP contribution in [0.4, 0.5) is 26.3 Å². The van der Waals surface area contributed by atoms with Crippen LogP contribution in [0.3, 0.4) is 0 Å². The number of allylic oxidation sites excluding steroid dienone is 4. The zero-order valence-corrected chi connectivity index (χ0v) is 14.8. The summed E-state index contributed by atoms with van der Waals surface area (Å²) in [4.78, 5) is 46.0. The van der Waals surface area contributed by atoms with Gasteiger partial charge in [-0.1, -0.05) is 24.3 Å². The van der Waals surface area contributed by atoms with Gasteiger partial charge in [-0.05, 0) is 23.3 Å². The van der Waals surface area contributed by atoms with Crippen molar-refractivity contribution in [2.45, 2.75) is 17.8 Å². The lowest BCUT2D eigenvalue weighted by atomic mass is 9.71. The molecule has 1 aromatic carbocycles. The molecule has 0 atom stereocenters. The minimum Gasteiger partial charge on any atom is -0.387 e. The molecule has 6 nitrogen and oxygen atoms in total. The fourth-order valence-electron chi connectivity index (χ4n) is 3.16. The van der Waals surface area contributed by atoms with E-state index in [9.17, 15) is 45.5 Å². The molecule has 0 unspecified atom stereocenters. The van der Waals surface area contributed by atoms with Crippen molar-refractivity contribution >= 4 is 23.9 Å². The zero-order chi connectivity index (χ0) is 23.2. The number of fused-ring (bicyclic) bond motifs is 1. The van der Waals surface area contributed by atoms with E-state index in [1.807, 2.05) is 0 Å². The lowest BCUT2D eigenvalue weighted by molar-refractivity contribution is -0.289. The van der Waals surface area contributed by atoms with E-state index in [0.29, 0.717) is 30.4 Å². The lowest BCUT2D eigenvalue weighted by Gasteiger charge is -2.39. The SMILES string of the molecule is O=C1/C=C/C=C(C(c2ccc3c(c2)C(=O)OC3=O)(C(F)(F)F)C(F)(F)F)\C=C\C(=O)O1. The summed E-state index contributed by atoms with van der Waals surface area (Å²) in [6.07, 6.45) is -10.3. The van der Waals surface area contributed by atoms with Crippen molar-refractivity contribution in [1.82, 2.24) is 0 Å². The second kappa shape index (κ2) is 7.22. The van der Waals surface area contributed by atoms with Crippen LogP contribution in [0.1, 0.15) is 26.3 Å². The van der Waals surface area contributed by atoms with E-state index < -0.39 is 63.9 Å². The molecule has 0 aromatic heterocycles. The Morgan fingerprint density at radius 2 is 1.26 bits per heavy atom. The molecule has 3 rings (SSSR count). The number of hydrogen-bond acceptors (Lipinski definition) is 6. The van der Waals surface area contributed by atoms with Crippen LogP contribution >= 0.6 is 0 Å². The van der Waals surface area contributed by atoms with Crippen molar-refractivity contribution in [1.29, 1.82) is 0 Å². The first-order chi connectivity index (χ1) is 14.3. The molecule has 0 spiro atoms. The third kappa shape index (κ3) is 3.53. The number of carbonyl (C=O) groups excluding carboxylic acids is 4. The number of rotatable bonds is 2. The van der Waals surface area contributed by atoms with Gasteiger partial charge >= 0.3 is 36.2 Å². The van der Waals surface area contributed by atoms with Gasteiger partial charge in [0.15, 0.2) is 0 Å². The van der Waals surface area contributed by atoms with Gasteiger partial charge in [-0.2, -0.15) is 26.3 Å². The second-order valence-corrected chi connectivity index (χ2v) is 6.24. The molecule has 0 bridgehead atoms. The highest BCUT2D eigenvalue weighted by molar-refractivity contribution is 6.14. The molecular formula is C19H8F6O6. The number of cyclic esters (lactones) is 4. The molecule has 0 fully saturated rings. The maximum atomic E-state index is 14.2. The van der Waals surface area contributed by atoms with Gasteiger partial charge in [0.05, 0.1) is 11.1 Å². The summed E-state index contributed by atoms with van der Waals surface area (Å²) in [5.41, 5.74) is -8.97. The second-order valence-electron chi connectivity index (χ2n) is 6.24. The van der Waals surface area contributed by atoms with E-state index in [4.69, 9.17) is 0 Å². The maximum absolute atomic E-state index is 14.2. The fraction of sp³-hybridized carbons (Fsp3) is 0.158. The highest BCUT2D eigenvalue weighted by Crippen LogP contribution is 2.57. The van der Waals surface area contributed by atoms with Crippen molar-refractivity contribution in [3.63, 3.8) is 0 Å². The summed E-state index contributed by atoms with van der Waals surface area (Å²) in [6, 6.07) is 1.25. The normalized spacial score (nSPS) is 21.2. The van der Waals surface area contributed by atoms with Gasteiger partial charge in [-0.15, -0.1) is 0 Å². The van der Waals surface area contributed by atoms with E-state index in [1.54, 1.807) is 0 Å². The molecule has 0 saturated carbocycles. The Morgan fingerprint density at radius 3 is 1.87 bits per heavy atom. The summed E-state index contributed by atoms with van der Waals surface area (Å²) in [7, 11) is 0. The lowest BCUT2D eigenvalue weighted by Crippen LogP contribution is -2.55. The molecule has 0 radical (unpaired) electrons. The topological polar surface area (TPSA) is 86.7 Å². The smallest absolute Gasteiger partial charge is 0.387 e. The molecule has 0 saturated heterocycles. The molecule has 162 valence electrons. The Labute approximate surface area is 168 Å². The molecule has 1 aromatic rings. The van der Waals surface area contributed by atoms with Crippen molar-refractivity contribution in [2.75, 3.05) is 0 Å². The quantitative estimate of drug-likeness (QED) is 0.393. The first kappa shape index (κ1) is 22.0. The molecule has 12 heteroatoms. The predicted octanol–water partition coefficient (Wildman–Crippen LogP) is 3.48. The van der Waals surface area contributed by atoms with Gasteiger partial charge in [-0.3, -0.25) is 0 Å². The summed E-state index contributed by atoms with van der Waals surface area (Å²) in [5, 5.41) is 0. The number of esters is 4. The van der Waals surface area contributed by atoms with Crippen LogP contribution in [-0.2, 0) is 24.5 Å². The third-order valence-corrected chi connectivity index (χ3v) is 4.47. The molecule has 2 aliphatic heterocycles. The Hall–Kier alpha value is -3.70. The van der Waals surface area contributed by atoms with Gasteiger partial charge in [0.1, 0.15) is 0 Å². The van der Waals surface area contributed by atoms with Gasteiger partial charge in [0.25, 0.3) is 0 Å². The highest BCUT2D eigenvalue weighted by Gasteiger charge is 2.73. The van der Waals surface area contributed by atoms with Crippen LogP contribution in [0.15, 0.2) is 54.2 Å². The van der Waals surface area contributed by atoms with Gasteiger partial charge < -0.3 is 9.47 Å². The van der Waals surface area contributed by atoms with E-state index >= 15 is 0 Å². The van der Waals surface area contributed by atoms with Crippen molar-refractivity contribution < 1.29 is 55.0 Å². The third-order valence-electron chi connectivity index (χ3n) is 4.47. The van der Waals surface area contributed by atoms with E-state index in [-0.39, 0.29) is 18.2 Å². The van der Waals surface area contributed by atoms with Crippen LogP contribution in [0.2, 0.25) is 0 Å². The highest BCUT2D eigenvalue weighted by atomic mass is 19.4. The number of alkyl halides is 6. The molecule has 2 heterocycles. The van der Waals surface area contributed by atoms with Crippen molar-refractivity contribution in [2.24, 2.45) is 0 Å². The average Bonchev–Trinajstić information content (AvgIpc) is 2.94. The van der Waals surface area contributed by atoms with Gasteiger partial charge in [0.2, 0.25) is 5.41 Å². The molecule has 31 heavy (non-hydrogen) atoms. The number of hydrogen-bond donors (Lipinski definition) is 0. The standard InChI is InChI=1S/C19H8F6O6/c20-18(21,22)17(19(23,24)25,9-2-1-3-13(26)30-14(27)7-5-9)10-4-6-11-12(8-10)16(29)31-15(11)28/h1-8H/b3-1+,7-5+,9-2+. The Balaban J connectivity index is 2.38. The number of benzene rings is 1. The monoisotopic (exact) mass is 446 g/mol. The van der Waals surface area contributed by atoms with Gasteiger partial charge in [-0.25, -0.2) is 19.2 Å². The Bertz CT molecular complexity index is 1080. The number of ether oxygens (including phenoxy) is 2. The van der Waals surface area contributed by atoms with E-state index in [0.717, 1.165) is 0 Å². The predicted molar refractivity (Wildman–Crippen MR) is 87.4 cm³/mol. The van der Waals surface area contributed by atoms with E-state index in [2.05, 4.69) is 9.47 Å². The van der Waals surface area contributed by atoms with E-state index in [1.165, 1.54) is 0 Å². The van der Waals surface area contributed by atoms with Crippen LogP contribution in [-0.4, -0.2) is 36.2 Å². The average molecular weight is 446 g/mol. The minimum absolute atomic E-state index is 0.211. The number of halogens is 6. The summed E-state index contributed by atoms with van der Waals surface area (Å²) >= 11 is 0. The molecule has 0 aliphatic carbocycles. The summed E-state index contributed by atoms with van der Waals surface area (Å²) in [6.45, 7) is 0. The van der Waals surface area contributed by atoms with Crippen LogP contribution in [0.5, 0.6) is 0 Å². The summed E-state index contributed by atoms with van der Waals surface area (Å²) < 4.78 is 93.5. The molecule has 2 aliphatic rings. The first-order valence-corrected chi connectivity index (χ1v) is 8.16. The maximum Gasteiger partial charge on any atom is 0.411 e. The van der Waals surface area contributed by atoms with Crippen LogP contribution in [0, 0.1) is 0 Å². The molecule has 0 N–H and O–H groups in total. The fourth-order valence-corrected chi connectivity index (χ4v) is 3.16.